The maximum Gasteiger partial charge on any atom is 0.241 e. The fourth-order valence-corrected chi connectivity index (χ4v) is 3.73. The minimum atomic E-state index is -3.87. The minimum absolute atomic E-state index is 0.0766. The van der Waals surface area contributed by atoms with Gasteiger partial charge in [-0.2, -0.15) is 4.72 Å². The third-order valence-corrected chi connectivity index (χ3v) is 5.48. The van der Waals surface area contributed by atoms with Crippen LogP contribution in [-0.4, -0.2) is 32.8 Å². The largest absolute Gasteiger partial charge is 0.467 e. The first-order valence-corrected chi connectivity index (χ1v) is 10.3. The van der Waals surface area contributed by atoms with Crippen LogP contribution in [0.5, 0.6) is 0 Å². The van der Waals surface area contributed by atoms with E-state index in [0.717, 1.165) is 5.56 Å². The molecule has 3 N–H and O–H groups in total. The van der Waals surface area contributed by atoms with E-state index in [0.29, 0.717) is 5.76 Å². The zero-order valence-corrected chi connectivity index (χ0v) is 16.9. The molecule has 1 heterocycles. The van der Waals surface area contributed by atoms with Gasteiger partial charge in [0.25, 0.3) is 0 Å². The van der Waals surface area contributed by atoms with E-state index in [1.54, 1.807) is 38.1 Å². The van der Waals surface area contributed by atoms with Crippen molar-refractivity contribution >= 4 is 21.8 Å². The van der Waals surface area contributed by atoms with Crippen molar-refractivity contribution in [3.63, 3.8) is 0 Å². The zero-order valence-electron chi connectivity index (χ0n) is 16.1. The summed E-state index contributed by atoms with van der Waals surface area (Å²) in [5.74, 6) is -0.704. The van der Waals surface area contributed by atoms with Crippen molar-refractivity contribution in [2.75, 3.05) is 6.54 Å². The Morgan fingerprint density at radius 2 is 1.75 bits per heavy atom. The molecule has 0 aliphatic heterocycles. The van der Waals surface area contributed by atoms with Crippen molar-refractivity contribution in [2.24, 2.45) is 5.92 Å². The molecule has 1 aromatic heterocycles. The summed E-state index contributed by atoms with van der Waals surface area (Å²) >= 11 is 0. The Balaban J connectivity index is 1.93. The Morgan fingerprint density at radius 1 is 1.07 bits per heavy atom. The molecular weight excluding hydrogens is 382 g/mol. The molecule has 152 valence electrons. The van der Waals surface area contributed by atoms with Crippen LogP contribution in [0.15, 0.2) is 52.0 Å². The lowest BCUT2D eigenvalue weighted by atomic mass is 10.1. The lowest BCUT2D eigenvalue weighted by Gasteiger charge is -2.21. The Bertz CT molecular complexity index is 890. The number of hydrogen-bond donors (Lipinski definition) is 3. The Hall–Kier alpha value is -2.65. The number of nitrogens with one attached hydrogen (secondary N) is 3. The maximum atomic E-state index is 12.6. The Kier molecular flexibility index (Phi) is 7.36. The quantitative estimate of drug-likeness (QED) is 0.580. The van der Waals surface area contributed by atoms with Crippen LogP contribution in [-0.2, 0) is 26.2 Å². The van der Waals surface area contributed by atoms with E-state index in [-0.39, 0.29) is 23.9 Å². The summed E-state index contributed by atoms with van der Waals surface area (Å²) in [6.45, 7) is 5.23. The molecule has 28 heavy (non-hydrogen) atoms. The van der Waals surface area contributed by atoms with Gasteiger partial charge in [-0.25, -0.2) is 8.42 Å². The SMILES string of the molecule is Cc1ccc(S(=O)(=O)N[C@H](C(=O)NCC(=O)NCc2ccco2)C(C)C)cc1. The Labute approximate surface area is 164 Å². The van der Waals surface area contributed by atoms with Gasteiger partial charge in [0, 0.05) is 0 Å². The summed E-state index contributed by atoms with van der Waals surface area (Å²) in [7, 11) is -3.87. The molecule has 2 amide bonds. The highest BCUT2D eigenvalue weighted by molar-refractivity contribution is 7.89. The van der Waals surface area contributed by atoms with Crippen LogP contribution in [0.3, 0.4) is 0 Å². The van der Waals surface area contributed by atoms with Crippen molar-refractivity contribution in [1.82, 2.24) is 15.4 Å². The summed E-state index contributed by atoms with van der Waals surface area (Å²) in [5, 5.41) is 5.07. The molecule has 0 fully saturated rings. The fourth-order valence-electron chi connectivity index (χ4n) is 2.38. The lowest BCUT2D eigenvalue weighted by Crippen LogP contribution is -2.51. The molecule has 0 saturated heterocycles. The van der Waals surface area contributed by atoms with Crippen LogP contribution in [0.25, 0.3) is 0 Å². The highest BCUT2D eigenvalue weighted by Gasteiger charge is 2.28. The van der Waals surface area contributed by atoms with Gasteiger partial charge in [-0.15, -0.1) is 0 Å². The molecule has 0 aliphatic carbocycles. The number of hydrogen-bond acceptors (Lipinski definition) is 5. The van der Waals surface area contributed by atoms with Gasteiger partial charge in [-0.1, -0.05) is 31.5 Å². The molecule has 2 rings (SSSR count). The van der Waals surface area contributed by atoms with Crippen molar-refractivity contribution in [3.05, 3.63) is 54.0 Å². The predicted octanol–water partition coefficient (Wildman–Crippen LogP) is 1.32. The highest BCUT2D eigenvalue weighted by Crippen LogP contribution is 2.13. The van der Waals surface area contributed by atoms with E-state index < -0.39 is 27.9 Å². The van der Waals surface area contributed by atoms with Gasteiger partial charge in [0.1, 0.15) is 11.8 Å². The van der Waals surface area contributed by atoms with Crippen LogP contribution in [0.1, 0.15) is 25.2 Å². The van der Waals surface area contributed by atoms with Crippen molar-refractivity contribution in [1.29, 1.82) is 0 Å². The maximum absolute atomic E-state index is 12.6. The average Bonchev–Trinajstić information content (AvgIpc) is 3.16. The second-order valence-electron chi connectivity index (χ2n) is 6.73. The Morgan fingerprint density at radius 3 is 2.32 bits per heavy atom. The van der Waals surface area contributed by atoms with Gasteiger partial charge in [-0.05, 0) is 37.1 Å². The van der Waals surface area contributed by atoms with Crippen LogP contribution in [0, 0.1) is 12.8 Å². The summed E-state index contributed by atoms with van der Waals surface area (Å²) in [4.78, 5) is 24.4. The number of amides is 2. The number of sulfonamides is 1. The first-order valence-electron chi connectivity index (χ1n) is 8.85. The molecule has 0 spiro atoms. The summed E-state index contributed by atoms with van der Waals surface area (Å²) in [6, 6.07) is 8.74. The number of carbonyl (C=O) groups is 2. The molecule has 8 nitrogen and oxygen atoms in total. The first kappa shape index (κ1) is 21.6. The monoisotopic (exact) mass is 407 g/mol. The number of benzene rings is 1. The van der Waals surface area contributed by atoms with E-state index in [2.05, 4.69) is 15.4 Å². The van der Waals surface area contributed by atoms with Gasteiger partial charge >= 0.3 is 0 Å². The molecular formula is C19H25N3O5S. The van der Waals surface area contributed by atoms with Gasteiger partial charge in [-0.3, -0.25) is 9.59 Å². The van der Waals surface area contributed by atoms with Gasteiger partial charge in [0.15, 0.2) is 0 Å². The third-order valence-electron chi connectivity index (χ3n) is 4.03. The molecule has 0 bridgehead atoms. The van der Waals surface area contributed by atoms with Crippen molar-refractivity contribution in [2.45, 2.75) is 38.3 Å². The molecule has 9 heteroatoms. The van der Waals surface area contributed by atoms with Gasteiger partial charge in [0.2, 0.25) is 21.8 Å². The molecule has 0 unspecified atom stereocenters. The minimum Gasteiger partial charge on any atom is -0.467 e. The second-order valence-corrected chi connectivity index (χ2v) is 8.44. The lowest BCUT2D eigenvalue weighted by molar-refractivity contribution is -0.127. The van der Waals surface area contributed by atoms with Crippen LogP contribution >= 0.6 is 0 Å². The standard InChI is InChI=1S/C19H25N3O5S/c1-13(2)18(22-28(25,26)16-8-6-14(3)7-9-16)19(24)21-12-17(23)20-11-15-5-4-10-27-15/h4-10,13,18,22H,11-12H2,1-3H3,(H,20,23)(H,21,24)/t18-/m0/s1. The number of carbonyl (C=O) groups excluding carboxylic acids is 2. The second kappa shape index (κ2) is 9.52. The smallest absolute Gasteiger partial charge is 0.241 e. The predicted molar refractivity (Wildman–Crippen MR) is 104 cm³/mol. The summed E-state index contributed by atoms with van der Waals surface area (Å²) < 4.78 is 32.6. The van der Waals surface area contributed by atoms with Gasteiger partial charge in [0.05, 0.1) is 24.2 Å². The summed E-state index contributed by atoms with van der Waals surface area (Å²) in [5.41, 5.74) is 0.928. The molecule has 0 aliphatic rings. The molecule has 2 aromatic rings. The highest BCUT2D eigenvalue weighted by atomic mass is 32.2. The normalized spacial score (nSPS) is 12.6. The number of furan rings is 1. The average molecular weight is 407 g/mol. The fraction of sp³-hybridized carbons (Fsp3) is 0.368. The van der Waals surface area contributed by atoms with E-state index in [4.69, 9.17) is 4.42 Å². The molecule has 0 saturated carbocycles. The first-order chi connectivity index (χ1) is 13.2. The molecule has 1 aromatic carbocycles. The van der Waals surface area contributed by atoms with E-state index in [1.807, 2.05) is 6.92 Å². The van der Waals surface area contributed by atoms with Crippen LogP contribution in [0.4, 0.5) is 0 Å². The number of rotatable bonds is 9. The van der Waals surface area contributed by atoms with Crippen molar-refractivity contribution in [3.8, 4) is 0 Å². The summed E-state index contributed by atoms with van der Waals surface area (Å²) in [6.07, 6.45) is 1.50. The zero-order chi connectivity index (χ0) is 20.7. The molecule has 1 atom stereocenters. The van der Waals surface area contributed by atoms with E-state index >= 15 is 0 Å². The van der Waals surface area contributed by atoms with Crippen LogP contribution < -0.4 is 15.4 Å². The van der Waals surface area contributed by atoms with Crippen LogP contribution in [0.2, 0.25) is 0 Å². The van der Waals surface area contributed by atoms with Crippen molar-refractivity contribution < 1.29 is 22.4 Å². The topological polar surface area (TPSA) is 118 Å². The molecule has 0 radical (unpaired) electrons. The number of aryl methyl sites for hydroxylation is 1. The van der Waals surface area contributed by atoms with Gasteiger partial charge < -0.3 is 15.1 Å². The van der Waals surface area contributed by atoms with E-state index in [9.17, 15) is 18.0 Å². The van der Waals surface area contributed by atoms with E-state index in [1.165, 1.54) is 18.4 Å². The third kappa shape index (κ3) is 6.21.